The second kappa shape index (κ2) is 8.96. The third-order valence-corrected chi connectivity index (χ3v) is 2.77. The van der Waals surface area contributed by atoms with E-state index in [1.165, 1.54) is 0 Å². The number of unbranched alkanes of at least 4 members (excludes halogenated alkanes) is 2. The van der Waals surface area contributed by atoms with Crippen LogP contribution in [0.4, 0.5) is 0 Å². The maximum absolute atomic E-state index is 11.5. The molecule has 0 bridgehead atoms. The summed E-state index contributed by atoms with van der Waals surface area (Å²) < 4.78 is 5.09. The van der Waals surface area contributed by atoms with Gasteiger partial charge in [-0.1, -0.05) is 26.7 Å². The van der Waals surface area contributed by atoms with E-state index in [-0.39, 0.29) is 16.8 Å². The molecule has 0 heterocycles. The maximum atomic E-state index is 11.5. The molecule has 0 rings (SSSR count). The van der Waals surface area contributed by atoms with Crippen molar-refractivity contribution >= 4 is 5.97 Å². The molecular weight excluding hydrogens is 222 g/mol. The van der Waals surface area contributed by atoms with E-state index in [0.29, 0.717) is 19.4 Å². The Morgan fingerprint density at radius 3 is 2.47 bits per heavy atom. The maximum Gasteiger partial charge on any atom is 0.308 e. The van der Waals surface area contributed by atoms with E-state index < -0.39 is 6.04 Å². The molecule has 5 nitrogen and oxygen atoms in total. The van der Waals surface area contributed by atoms with Crippen LogP contribution in [0, 0.1) is 16.0 Å². The van der Waals surface area contributed by atoms with Crippen molar-refractivity contribution < 1.29 is 14.5 Å². The molecule has 0 N–H and O–H groups in total. The van der Waals surface area contributed by atoms with E-state index in [9.17, 15) is 14.9 Å². The molecule has 0 fully saturated rings. The van der Waals surface area contributed by atoms with Crippen molar-refractivity contribution in [2.45, 2.75) is 58.9 Å². The van der Waals surface area contributed by atoms with Crippen LogP contribution < -0.4 is 0 Å². The van der Waals surface area contributed by atoms with E-state index in [4.69, 9.17) is 4.74 Å². The van der Waals surface area contributed by atoms with Gasteiger partial charge in [0.25, 0.3) is 0 Å². The Labute approximate surface area is 103 Å². The lowest BCUT2D eigenvalue weighted by atomic mass is 10.0. The number of carbonyl (C=O) groups excluding carboxylic acids is 1. The van der Waals surface area contributed by atoms with Gasteiger partial charge in [-0.3, -0.25) is 14.9 Å². The van der Waals surface area contributed by atoms with Gasteiger partial charge in [0, 0.05) is 18.3 Å². The minimum atomic E-state index is -0.592. The van der Waals surface area contributed by atoms with Crippen LogP contribution in [0.3, 0.4) is 0 Å². The smallest absolute Gasteiger partial charge is 0.308 e. The highest BCUT2D eigenvalue weighted by atomic mass is 16.6. The van der Waals surface area contributed by atoms with Crippen molar-refractivity contribution in [3.63, 3.8) is 0 Å². The van der Waals surface area contributed by atoms with Crippen LogP contribution >= 0.6 is 0 Å². The number of hydrogen-bond acceptors (Lipinski definition) is 4. The molecule has 0 aliphatic heterocycles. The van der Waals surface area contributed by atoms with Crippen molar-refractivity contribution in [3.05, 3.63) is 10.1 Å². The molecule has 0 spiro atoms. The fourth-order valence-electron chi connectivity index (χ4n) is 1.38. The Hall–Kier alpha value is -1.13. The van der Waals surface area contributed by atoms with Gasteiger partial charge in [-0.05, 0) is 12.8 Å². The quantitative estimate of drug-likeness (QED) is 0.271. The SMILES string of the molecule is CCCCCOC(=O)[C@H](C)CC[C@@H](C)[N+](=O)[O-]. The largest absolute Gasteiger partial charge is 0.465 e. The Morgan fingerprint density at radius 1 is 1.29 bits per heavy atom. The Morgan fingerprint density at radius 2 is 1.94 bits per heavy atom. The van der Waals surface area contributed by atoms with E-state index in [0.717, 1.165) is 19.3 Å². The van der Waals surface area contributed by atoms with Crippen LogP contribution in [0.1, 0.15) is 52.9 Å². The molecule has 0 aliphatic rings. The van der Waals surface area contributed by atoms with Crippen LogP contribution in [0.2, 0.25) is 0 Å². The summed E-state index contributed by atoms with van der Waals surface area (Å²) in [5.41, 5.74) is 0. The average molecular weight is 245 g/mol. The number of ether oxygens (including phenoxy) is 1. The lowest BCUT2D eigenvalue weighted by Gasteiger charge is -2.11. The zero-order valence-electron chi connectivity index (χ0n) is 11.0. The predicted octanol–water partition coefficient (Wildman–Crippen LogP) is 2.80. The van der Waals surface area contributed by atoms with Gasteiger partial charge in [-0.25, -0.2) is 0 Å². The van der Waals surface area contributed by atoms with E-state index >= 15 is 0 Å². The summed E-state index contributed by atoms with van der Waals surface area (Å²) in [6.45, 7) is 5.86. The number of esters is 1. The number of carbonyl (C=O) groups is 1. The number of hydrogen-bond donors (Lipinski definition) is 0. The molecule has 0 saturated carbocycles. The minimum Gasteiger partial charge on any atom is -0.465 e. The molecule has 0 saturated heterocycles. The topological polar surface area (TPSA) is 69.4 Å². The van der Waals surface area contributed by atoms with Gasteiger partial charge in [0.15, 0.2) is 0 Å². The van der Waals surface area contributed by atoms with Gasteiger partial charge < -0.3 is 4.74 Å². The third kappa shape index (κ3) is 7.71. The second-order valence-corrected chi connectivity index (χ2v) is 4.49. The zero-order valence-corrected chi connectivity index (χ0v) is 11.0. The number of nitrogens with zero attached hydrogens (tertiary/aromatic N) is 1. The summed E-state index contributed by atoms with van der Waals surface area (Å²) in [5.74, 6) is -0.490. The summed E-state index contributed by atoms with van der Waals surface area (Å²) in [4.78, 5) is 21.6. The molecule has 0 radical (unpaired) electrons. The zero-order chi connectivity index (χ0) is 13.3. The molecule has 100 valence electrons. The highest BCUT2D eigenvalue weighted by Crippen LogP contribution is 2.11. The molecule has 2 atom stereocenters. The lowest BCUT2D eigenvalue weighted by molar-refractivity contribution is -0.519. The van der Waals surface area contributed by atoms with Gasteiger partial charge >= 0.3 is 5.97 Å². The first-order valence-corrected chi connectivity index (χ1v) is 6.29. The van der Waals surface area contributed by atoms with Crippen LogP contribution in [-0.2, 0) is 9.53 Å². The molecule has 0 aliphatic carbocycles. The molecule has 0 amide bonds. The summed E-state index contributed by atoms with van der Waals surface area (Å²) in [7, 11) is 0. The van der Waals surface area contributed by atoms with E-state index in [1.807, 2.05) is 0 Å². The van der Waals surface area contributed by atoms with E-state index in [1.54, 1.807) is 13.8 Å². The molecule has 0 aromatic heterocycles. The fraction of sp³-hybridized carbons (Fsp3) is 0.917. The fourth-order valence-corrected chi connectivity index (χ4v) is 1.38. The predicted molar refractivity (Wildman–Crippen MR) is 65.3 cm³/mol. The van der Waals surface area contributed by atoms with Gasteiger partial charge in [0.1, 0.15) is 0 Å². The molecule has 5 heteroatoms. The normalized spacial score (nSPS) is 14.1. The average Bonchev–Trinajstić information content (AvgIpc) is 2.30. The van der Waals surface area contributed by atoms with Crippen molar-refractivity contribution in [2.24, 2.45) is 5.92 Å². The van der Waals surface area contributed by atoms with Gasteiger partial charge in [0.2, 0.25) is 6.04 Å². The minimum absolute atomic E-state index is 0.239. The Balaban J connectivity index is 3.70. The molecule has 0 unspecified atom stereocenters. The van der Waals surface area contributed by atoms with Gasteiger partial charge in [-0.15, -0.1) is 0 Å². The highest BCUT2D eigenvalue weighted by Gasteiger charge is 2.19. The van der Waals surface area contributed by atoms with Crippen LogP contribution in [0.5, 0.6) is 0 Å². The highest BCUT2D eigenvalue weighted by molar-refractivity contribution is 5.71. The Bertz CT molecular complexity index is 243. The number of nitro groups is 1. The standard InChI is InChI=1S/C12H23NO4/c1-4-5-6-9-17-12(14)10(2)7-8-11(3)13(15)16/h10-11H,4-9H2,1-3H3/t10-,11-/m1/s1. The molecule has 17 heavy (non-hydrogen) atoms. The van der Waals surface area contributed by atoms with Gasteiger partial charge in [-0.2, -0.15) is 0 Å². The third-order valence-electron chi connectivity index (χ3n) is 2.77. The Kier molecular flexibility index (Phi) is 8.36. The molecule has 0 aromatic carbocycles. The van der Waals surface area contributed by atoms with Crippen LogP contribution in [0.15, 0.2) is 0 Å². The molecule has 0 aromatic rings. The first kappa shape index (κ1) is 15.9. The monoisotopic (exact) mass is 245 g/mol. The van der Waals surface area contributed by atoms with Crippen molar-refractivity contribution in [1.82, 2.24) is 0 Å². The summed E-state index contributed by atoms with van der Waals surface area (Å²) >= 11 is 0. The molecular formula is C12H23NO4. The lowest BCUT2D eigenvalue weighted by Crippen LogP contribution is -2.20. The van der Waals surface area contributed by atoms with Crippen molar-refractivity contribution in [1.29, 1.82) is 0 Å². The van der Waals surface area contributed by atoms with Crippen LogP contribution in [-0.4, -0.2) is 23.5 Å². The van der Waals surface area contributed by atoms with Crippen molar-refractivity contribution in [3.8, 4) is 0 Å². The first-order valence-electron chi connectivity index (χ1n) is 6.29. The van der Waals surface area contributed by atoms with Gasteiger partial charge in [0.05, 0.1) is 12.5 Å². The second-order valence-electron chi connectivity index (χ2n) is 4.49. The summed E-state index contributed by atoms with van der Waals surface area (Å²) in [6.07, 6.45) is 3.96. The van der Waals surface area contributed by atoms with Crippen molar-refractivity contribution in [2.75, 3.05) is 6.61 Å². The first-order chi connectivity index (χ1) is 7.99. The summed E-state index contributed by atoms with van der Waals surface area (Å²) in [6, 6.07) is -0.592. The van der Waals surface area contributed by atoms with Crippen LogP contribution in [0.25, 0.3) is 0 Å². The van der Waals surface area contributed by atoms with E-state index in [2.05, 4.69) is 6.92 Å². The number of rotatable bonds is 9. The summed E-state index contributed by atoms with van der Waals surface area (Å²) in [5, 5.41) is 10.4.